The molecule has 346 valence electrons. The summed E-state index contributed by atoms with van der Waals surface area (Å²) >= 11 is 0. The molecule has 1 aliphatic carbocycles. The van der Waals surface area contributed by atoms with E-state index in [4.69, 9.17) is 23.7 Å². The molecule has 3 amide bonds. The fourth-order valence-corrected chi connectivity index (χ4v) is 6.51. The minimum Gasteiger partial charge on any atom is -0.461 e. The van der Waals surface area contributed by atoms with Crippen LogP contribution in [0.3, 0.4) is 0 Å². The molecular formula is C47H65N3O13. The minimum absolute atomic E-state index is 0.0115. The van der Waals surface area contributed by atoms with Crippen molar-refractivity contribution >= 4 is 53.3 Å². The third-order valence-corrected chi connectivity index (χ3v) is 8.88. The van der Waals surface area contributed by atoms with E-state index in [1.54, 1.807) is 83.1 Å². The Bertz CT molecular complexity index is 1820. The molecule has 1 N–H and O–H groups in total. The highest BCUT2D eigenvalue weighted by Gasteiger charge is 2.34. The average molecular weight is 880 g/mol. The Hall–Kier alpha value is -5.80. The van der Waals surface area contributed by atoms with Crippen molar-refractivity contribution in [3.05, 3.63) is 65.2 Å². The van der Waals surface area contributed by atoms with Crippen LogP contribution in [-0.4, -0.2) is 106 Å². The zero-order valence-corrected chi connectivity index (χ0v) is 38.8. The lowest BCUT2D eigenvalue weighted by molar-refractivity contribution is -0.160. The summed E-state index contributed by atoms with van der Waals surface area (Å²) in [6.45, 7) is 17.1. The normalized spacial score (nSPS) is 15.6. The molecule has 0 aromatic heterocycles. The first-order valence-corrected chi connectivity index (χ1v) is 21.1. The molecule has 0 heterocycles. The second-order valence-electron chi connectivity index (χ2n) is 19.6. The van der Waals surface area contributed by atoms with Crippen LogP contribution in [0.5, 0.6) is 0 Å². The van der Waals surface area contributed by atoms with Crippen molar-refractivity contribution in [1.29, 1.82) is 0 Å². The van der Waals surface area contributed by atoms with Gasteiger partial charge in [0.25, 0.3) is 11.8 Å². The number of rotatable bonds is 15. The minimum atomic E-state index is -0.936. The van der Waals surface area contributed by atoms with Crippen molar-refractivity contribution in [2.24, 2.45) is 11.8 Å². The van der Waals surface area contributed by atoms with Crippen molar-refractivity contribution < 1.29 is 62.0 Å². The van der Waals surface area contributed by atoms with Gasteiger partial charge in [0.15, 0.2) is 0 Å². The highest BCUT2D eigenvalue weighted by atomic mass is 16.6. The number of nitrogens with one attached hydrogen (secondary N) is 1. The number of anilines is 1. The number of carbonyl (C=O) groups excluding carboxylic acids is 8. The van der Waals surface area contributed by atoms with E-state index >= 15 is 0 Å². The van der Waals surface area contributed by atoms with Gasteiger partial charge in [-0.3, -0.25) is 38.4 Å². The Labute approximate surface area is 370 Å². The molecule has 0 bridgehead atoms. The summed E-state index contributed by atoms with van der Waals surface area (Å²) in [5, 5.41) is 2.80. The number of carbonyl (C=O) groups is 8. The van der Waals surface area contributed by atoms with Gasteiger partial charge >= 0.3 is 29.8 Å². The topological polar surface area (TPSA) is 201 Å². The van der Waals surface area contributed by atoms with E-state index in [9.17, 15) is 38.4 Å². The Balaban J connectivity index is 2.02. The lowest BCUT2D eigenvalue weighted by Crippen LogP contribution is -2.44. The van der Waals surface area contributed by atoms with Crippen molar-refractivity contribution in [2.45, 2.75) is 138 Å². The van der Waals surface area contributed by atoms with Crippen LogP contribution < -0.4 is 5.32 Å². The summed E-state index contributed by atoms with van der Waals surface area (Å²) in [6.07, 6.45) is 1.48. The van der Waals surface area contributed by atoms with Gasteiger partial charge in [-0.2, -0.15) is 0 Å². The van der Waals surface area contributed by atoms with Gasteiger partial charge in [0.2, 0.25) is 5.91 Å². The number of hydrogen-bond donors (Lipinski definition) is 1. The van der Waals surface area contributed by atoms with Crippen LogP contribution in [0.15, 0.2) is 48.5 Å². The molecular weight excluding hydrogens is 815 g/mol. The second-order valence-corrected chi connectivity index (χ2v) is 19.6. The molecule has 1 saturated carbocycles. The smallest absolute Gasteiger partial charge is 0.326 e. The van der Waals surface area contributed by atoms with Crippen molar-refractivity contribution in [1.82, 2.24) is 9.80 Å². The van der Waals surface area contributed by atoms with Gasteiger partial charge in [-0.25, -0.2) is 0 Å². The Morgan fingerprint density at radius 1 is 0.524 bits per heavy atom. The second kappa shape index (κ2) is 21.5. The molecule has 3 rings (SSSR count). The van der Waals surface area contributed by atoms with E-state index < -0.39 is 102 Å². The fourth-order valence-electron chi connectivity index (χ4n) is 6.51. The largest absolute Gasteiger partial charge is 0.461 e. The summed E-state index contributed by atoms with van der Waals surface area (Å²) in [5.74, 6) is -6.89. The van der Waals surface area contributed by atoms with Gasteiger partial charge in [0.1, 0.15) is 55.2 Å². The summed E-state index contributed by atoms with van der Waals surface area (Å²) in [5.41, 5.74) is -3.37. The molecule has 0 saturated heterocycles. The predicted octanol–water partition coefficient (Wildman–Crippen LogP) is 6.43. The molecule has 0 unspecified atom stereocenters. The van der Waals surface area contributed by atoms with Gasteiger partial charge in [-0.1, -0.05) is 30.3 Å². The third-order valence-electron chi connectivity index (χ3n) is 8.88. The summed E-state index contributed by atoms with van der Waals surface area (Å²) in [7, 11) is 0. The van der Waals surface area contributed by atoms with Gasteiger partial charge in [0, 0.05) is 22.7 Å². The molecule has 0 radical (unpaired) electrons. The molecule has 0 atom stereocenters. The lowest BCUT2D eigenvalue weighted by atomic mass is 9.81. The number of amides is 3. The first-order valence-electron chi connectivity index (χ1n) is 21.1. The van der Waals surface area contributed by atoms with Gasteiger partial charge in [0.05, 0.1) is 5.92 Å². The zero-order valence-electron chi connectivity index (χ0n) is 38.8. The first-order chi connectivity index (χ1) is 29.0. The summed E-state index contributed by atoms with van der Waals surface area (Å²) in [4.78, 5) is 110. The van der Waals surface area contributed by atoms with E-state index in [1.807, 2.05) is 30.3 Å². The number of benzene rings is 2. The Morgan fingerprint density at radius 2 is 0.873 bits per heavy atom. The molecule has 16 heteroatoms. The molecule has 0 aliphatic heterocycles. The third kappa shape index (κ3) is 19.0. The Morgan fingerprint density at radius 3 is 1.22 bits per heavy atom. The van der Waals surface area contributed by atoms with Crippen LogP contribution in [0.25, 0.3) is 0 Å². The SMILES string of the molecule is CC(C)(C)OC(=O)CN(CC(=O)OC(C)(C)C)C(=O)c1cc(NC(=O)C2CCC(C(=O)OCc3ccccc3)CC2)cc(C(=O)N(CC(=O)OC(C)(C)C)CC(=O)OC(C)(C)C)c1. The maximum atomic E-state index is 14.4. The molecule has 63 heavy (non-hydrogen) atoms. The van der Waals surface area contributed by atoms with Gasteiger partial charge in [-0.05, 0) is 133 Å². The van der Waals surface area contributed by atoms with Crippen molar-refractivity contribution in [3.63, 3.8) is 0 Å². The van der Waals surface area contributed by atoms with Crippen LogP contribution in [-0.2, 0) is 59.1 Å². The van der Waals surface area contributed by atoms with Crippen LogP contribution in [0.4, 0.5) is 5.69 Å². The lowest BCUT2D eigenvalue weighted by Gasteiger charge is -2.28. The van der Waals surface area contributed by atoms with Crippen molar-refractivity contribution in [3.8, 4) is 0 Å². The van der Waals surface area contributed by atoms with E-state index in [0.717, 1.165) is 15.4 Å². The average Bonchev–Trinajstić information content (AvgIpc) is 3.13. The monoisotopic (exact) mass is 879 g/mol. The van der Waals surface area contributed by atoms with Crippen LogP contribution in [0, 0.1) is 11.8 Å². The van der Waals surface area contributed by atoms with Crippen LogP contribution in [0.2, 0.25) is 0 Å². The van der Waals surface area contributed by atoms with E-state index in [0.29, 0.717) is 25.7 Å². The van der Waals surface area contributed by atoms with E-state index in [-0.39, 0.29) is 29.4 Å². The number of esters is 5. The molecule has 16 nitrogen and oxygen atoms in total. The standard InChI is InChI=1S/C47H65N3O13/c1-44(2,3)60-36(51)25-49(26-37(52)61-45(4,5)6)41(56)33-22-34(42(57)50(27-38(53)62-46(7,8)9)28-39(54)63-47(10,11)12)24-35(23-33)48-40(55)31-18-20-32(21-19-31)43(58)59-29-30-16-14-13-15-17-30/h13-17,22-24,31-32H,18-21,25-29H2,1-12H3,(H,48,55). The summed E-state index contributed by atoms with van der Waals surface area (Å²) in [6, 6.07) is 13.0. The highest BCUT2D eigenvalue weighted by molar-refractivity contribution is 6.05. The first kappa shape index (κ1) is 51.5. The van der Waals surface area contributed by atoms with Gasteiger partial charge < -0.3 is 38.8 Å². The van der Waals surface area contributed by atoms with E-state index in [1.165, 1.54) is 18.2 Å². The van der Waals surface area contributed by atoms with Gasteiger partial charge in [-0.15, -0.1) is 0 Å². The summed E-state index contributed by atoms with van der Waals surface area (Å²) < 4.78 is 27.3. The van der Waals surface area contributed by atoms with Crippen LogP contribution >= 0.6 is 0 Å². The molecule has 1 aliphatic rings. The number of ether oxygens (including phenoxy) is 5. The maximum absolute atomic E-state index is 14.4. The Kier molecular flexibility index (Phi) is 17.6. The molecule has 2 aromatic carbocycles. The van der Waals surface area contributed by atoms with Crippen LogP contribution in [0.1, 0.15) is 135 Å². The number of hydrogen-bond acceptors (Lipinski definition) is 13. The fraction of sp³-hybridized carbons (Fsp3) is 0.574. The quantitative estimate of drug-likeness (QED) is 0.152. The van der Waals surface area contributed by atoms with Crippen molar-refractivity contribution in [2.75, 3.05) is 31.5 Å². The maximum Gasteiger partial charge on any atom is 0.326 e. The number of nitrogens with zero attached hydrogens (tertiary/aromatic N) is 2. The van der Waals surface area contributed by atoms with E-state index in [2.05, 4.69) is 5.32 Å². The molecule has 1 fully saturated rings. The molecule has 2 aromatic rings. The highest BCUT2D eigenvalue weighted by Crippen LogP contribution is 2.31. The predicted molar refractivity (Wildman–Crippen MR) is 232 cm³/mol. The molecule has 0 spiro atoms. The zero-order chi connectivity index (χ0) is 47.5.